The van der Waals surface area contributed by atoms with Crippen LogP contribution in [0.25, 0.3) is 11.3 Å². The van der Waals surface area contributed by atoms with E-state index in [9.17, 15) is 4.79 Å². The van der Waals surface area contributed by atoms with Crippen molar-refractivity contribution < 1.29 is 9.90 Å². The number of carboxylic acids is 1. The first-order chi connectivity index (χ1) is 8.11. The van der Waals surface area contributed by atoms with Gasteiger partial charge in [0.1, 0.15) is 4.88 Å². The third-order valence-corrected chi connectivity index (χ3v) is 4.00. The summed E-state index contributed by atoms with van der Waals surface area (Å²) < 4.78 is 0.962. The van der Waals surface area contributed by atoms with E-state index in [4.69, 9.17) is 5.11 Å². The number of carboxylic acid groups (broad SMARTS) is 1. The molecule has 0 fully saturated rings. The van der Waals surface area contributed by atoms with Crippen LogP contribution in [0.5, 0.6) is 0 Å². The molecule has 0 bridgehead atoms. The van der Waals surface area contributed by atoms with Crippen molar-refractivity contribution in [3.63, 3.8) is 0 Å². The molecule has 1 N–H and O–H groups in total. The van der Waals surface area contributed by atoms with Crippen molar-refractivity contribution in [3.8, 4) is 11.3 Å². The minimum Gasteiger partial charge on any atom is -0.477 e. The highest BCUT2D eigenvalue weighted by molar-refractivity contribution is 9.10. The molecule has 0 amide bonds. The van der Waals surface area contributed by atoms with Gasteiger partial charge < -0.3 is 5.11 Å². The zero-order chi connectivity index (χ0) is 12.4. The van der Waals surface area contributed by atoms with Gasteiger partial charge in [-0.2, -0.15) is 0 Å². The van der Waals surface area contributed by atoms with Crippen molar-refractivity contribution in [1.29, 1.82) is 0 Å². The summed E-state index contributed by atoms with van der Waals surface area (Å²) in [5, 5.41) is 10.00. The van der Waals surface area contributed by atoms with Gasteiger partial charge in [0.25, 0.3) is 0 Å². The van der Waals surface area contributed by atoms with E-state index >= 15 is 0 Å². The van der Waals surface area contributed by atoms with E-state index in [1.165, 1.54) is 11.3 Å². The number of hydrogen-bond donors (Lipinski definition) is 1. The fourth-order valence-electron chi connectivity index (χ4n) is 1.46. The third kappa shape index (κ3) is 2.56. The normalized spacial score (nSPS) is 10.5. The Kier molecular flexibility index (Phi) is 3.59. The molecule has 17 heavy (non-hydrogen) atoms. The van der Waals surface area contributed by atoms with E-state index in [0.29, 0.717) is 10.6 Å². The van der Waals surface area contributed by atoms with Crippen LogP contribution in [0.1, 0.15) is 21.6 Å². The van der Waals surface area contributed by atoms with E-state index < -0.39 is 5.97 Å². The molecular formula is C12H10BrNO2S. The predicted molar refractivity (Wildman–Crippen MR) is 71.6 cm³/mol. The lowest BCUT2D eigenvalue weighted by Crippen LogP contribution is -1.95. The number of halogens is 1. The van der Waals surface area contributed by atoms with Crippen LogP contribution < -0.4 is 0 Å². The Labute approximate surface area is 111 Å². The Morgan fingerprint density at radius 2 is 2.06 bits per heavy atom. The molecule has 0 atom stereocenters. The van der Waals surface area contributed by atoms with Gasteiger partial charge in [-0.25, -0.2) is 9.78 Å². The standard InChI is InChI=1S/C12H10BrNO2S/c1-2-9-14-10(11(17-9)12(15)16)7-3-5-8(13)6-4-7/h3-6H,2H2,1H3,(H,15,16). The van der Waals surface area contributed by atoms with Crippen molar-refractivity contribution in [2.75, 3.05) is 0 Å². The first-order valence-corrected chi connectivity index (χ1v) is 6.71. The van der Waals surface area contributed by atoms with Crippen LogP contribution in [-0.4, -0.2) is 16.1 Å². The zero-order valence-corrected chi connectivity index (χ0v) is 11.5. The van der Waals surface area contributed by atoms with Crippen LogP contribution in [0.2, 0.25) is 0 Å². The second-order valence-corrected chi connectivity index (χ2v) is 5.45. The Balaban J connectivity index is 2.53. The maximum Gasteiger partial charge on any atom is 0.348 e. The second-order valence-electron chi connectivity index (χ2n) is 3.45. The lowest BCUT2D eigenvalue weighted by Gasteiger charge is -1.98. The van der Waals surface area contributed by atoms with E-state index in [-0.39, 0.29) is 0 Å². The van der Waals surface area contributed by atoms with E-state index in [1.807, 2.05) is 31.2 Å². The van der Waals surface area contributed by atoms with Crippen molar-refractivity contribution in [2.45, 2.75) is 13.3 Å². The van der Waals surface area contributed by atoms with Gasteiger partial charge in [0.2, 0.25) is 0 Å². The fraction of sp³-hybridized carbons (Fsp3) is 0.167. The molecule has 0 saturated carbocycles. The summed E-state index contributed by atoms with van der Waals surface area (Å²) in [6.45, 7) is 1.97. The van der Waals surface area contributed by atoms with Gasteiger partial charge in [0.05, 0.1) is 10.7 Å². The summed E-state index contributed by atoms with van der Waals surface area (Å²) in [6, 6.07) is 7.49. The molecule has 1 aromatic heterocycles. The first kappa shape index (κ1) is 12.3. The molecule has 0 unspecified atom stereocenters. The molecule has 0 aliphatic heterocycles. The fourth-order valence-corrected chi connectivity index (χ4v) is 2.59. The minimum absolute atomic E-state index is 0.309. The molecule has 1 aromatic carbocycles. The quantitative estimate of drug-likeness (QED) is 0.937. The van der Waals surface area contributed by atoms with Crippen molar-refractivity contribution in [2.24, 2.45) is 0 Å². The maximum atomic E-state index is 11.2. The van der Waals surface area contributed by atoms with Crippen LogP contribution in [-0.2, 0) is 6.42 Å². The highest BCUT2D eigenvalue weighted by atomic mass is 79.9. The Hall–Kier alpha value is -1.20. The van der Waals surface area contributed by atoms with Gasteiger partial charge in [-0.1, -0.05) is 35.0 Å². The van der Waals surface area contributed by atoms with Gasteiger partial charge in [-0.05, 0) is 18.6 Å². The Morgan fingerprint density at radius 3 is 2.59 bits per heavy atom. The Morgan fingerprint density at radius 1 is 1.41 bits per heavy atom. The minimum atomic E-state index is -0.917. The number of nitrogens with zero attached hydrogens (tertiary/aromatic N) is 1. The number of aromatic nitrogens is 1. The number of thiazole rings is 1. The Bertz CT molecular complexity index is 548. The van der Waals surface area contributed by atoms with Crippen molar-refractivity contribution in [1.82, 2.24) is 4.98 Å². The number of hydrogen-bond acceptors (Lipinski definition) is 3. The third-order valence-electron chi connectivity index (χ3n) is 2.29. The van der Waals surface area contributed by atoms with E-state index in [2.05, 4.69) is 20.9 Å². The van der Waals surface area contributed by atoms with Crippen LogP contribution in [0, 0.1) is 0 Å². The lowest BCUT2D eigenvalue weighted by molar-refractivity contribution is 0.0702. The van der Waals surface area contributed by atoms with Crippen molar-refractivity contribution >= 4 is 33.2 Å². The molecule has 0 saturated heterocycles. The molecule has 2 rings (SSSR count). The van der Waals surface area contributed by atoms with Crippen LogP contribution in [0.4, 0.5) is 0 Å². The van der Waals surface area contributed by atoms with Crippen molar-refractivity contribution in [3.05, 3.63) is 38.6 Å². The molecule has 0 aliphatic carbocycles. The largest absolute Gasteiger partial charge is 0.477 e. The molecule has 2 aromatic rings. The second kappa shape index (κ2) is 4.98. The highest BCUT2D eigenvalue weighted by Crippen LogP contribution is 2.29. The monoisotopic (exact) mass is 311 g/mol. The molecule has 0 aliphatic rings. The number of benzene rings is 1. The van der Waals surface area contributed by atoms with Crippen LogP contribution in [0.15, 0.2) is 28.7 Å². The SMILES string of the molecule is CCc1nc(-c2ccc(Br)cc2)c(C(=O)O)s1. The number of aromatic carboxylic acids is 1. The summed E-state index contributed by atoms with van der Waals surface area (Å²) >= 11 is 4.59. The molecule has 3 nitrogen and oxygen atoms in total. The predicted octanol–water partition coefficient (Wildman–Crippen LogP) is 3.83. The van der Waals surface area contributed by atoms with Crippen LogP contribution in [0.3, 0.4) is 0 Å². The van der Waals surface area contributed by atoms with Gasteiger partial charge in [-0.3, -0.25) is 0 Å². The van der Waals surface area contributed by atoms with Gasteiger partial charge >= 0.3 is 5.97 Å². The topological polar surface area (TPSA) is 50.2 Å². The molecule has 88 valence electrons. The van der Waals surface area contributed by atoms with E-state index in [0.717, 1.165) is 21.5 Å². The number of aryl methyl sites for hydroxylation is 1. The van der Waals surface area contributed by atoms with Gasteiger partial charge in [-0.15, -0.1) is 11.3 Å². The van der Waals surface area contributed by atoms with E-state index in [1.54, 1.807) is 0 Å². The summed E-state index contributed by atoms with van der Waals surface area (Å²) in [4.78, 5) is 15.8. The average molecular weight is 312 g/mol. The molecule has 0 spiro atoms. The van der Waals surface area contributed by atoms with Crippen LogP contribution >= 0.6 is 27.3 Å². The number of rotatable bonds is 3. The summed E-state index contributed by atoms with van der Waals surface area (Å²) in [6.07, 6.45) is 0.751. The molecule has 1 heterocycles. The lowest BCUT2D eigenvalue weighted by atomic mass is 10.1. The molecule has 0 radical (unpaired) electrons. The average Bonchev–Trinajstić information content (AvgIpc) is 2.74. The first-order valence-electron chi connectivity index (χ1n) is 5.10. The smallest absolute Gasteiger partial charge is 0.348 e. The molecular weight excluding hydrogens is 302 g/mol. The zero-order valence-electron chi connectivity index (χ0n) is 9.11. The number of carbonyl (C=O) groups is 1. The summed E-state index contributed by atoms with van der Waals surface area (Å²) in [5.41, 5.74) is 1.40. The molecule has 5 heteroatoms. The highest BCUT2D eigenvalue weighted by Gasteiger charge is 2.17. The van der Waals surface area contributed by atoms with Gasteiger partial charge in [0.15, 0.2) is 0 Å². The van der Waals surface area contributed by atoms with Gasteiger partial charge in [0, 0.05) is 10.0 Å². The maximum absolute atomic E-state index is 11.2. The summed E-state index contributed by atoms with van der Waals surface area (Å²) in [5.74, 6) is -0.917. The summed E-state index contributed by atoms with van der Waals surface area (Å²) in [7, 11) is 0.